The van der Waals surface area contributed by atoms with E-state index in [1.165, 1.54) is 13.5 Å². The van der Waals surface area contributed by atoms with E-state index in [1.807, 2.05) is 34.6 Å². The van der Waals surface area contributed by atoms with Crippen LogP contribution in [0.1, 0.15) is 91.9 Å². The quantitative estimate of drug-likeness (QED) is 0.196. The second-order valence-electron chi connectivity index (χ2n) is 8.10. The highest BCUT2D eigenvalue weighted by atomic mass is 16.6. The van der Waals surface area contributed by atoms with Crippen molar-refractivity contribution in [2.75, 3.05) is 44.2 Å². The van der Waals surface area contributed by atoms with Crippen LogP contribution < -0.4 is 16.5 Å². The Kier molecular flexibility index (Phi) is 26.0. The van der Waals surface area contributed by atoms with Crippen molar-refractivity contribution in [2.45, 2.75) is 87.2 Å². The van der Waals surface area contributed by atoms with Crippen molar-refractivity contribution in [2.24, 2.45) is 5.73 Å². The minimum atomic E-state index is -0.571. The molecule has 0 unspecified atom stereocenters. The van der Waals surface area contributed by atoms with E-state index in [9.17, 15) is 14.4 Å². The fourth-order valence-corrected chi connectivity index (χ4v) is 2.24. The van der Waals surface area contributed by atoms with Crippen molar-refractivity contribution in [3.05, 3.63) is 23.8 Å². The molecule has 0 aliphatic heterocycles. The highest BCUT2D eigenvalue weighted by molar-refractivity contribution is 5.92. The first-order valence-corrected chi connectivity index (χ1v) is 12.9. The smallest absolute Gasteiger partial charge is 0.338 e. The van der Waals surface area contributed by atoms with Gasteiger partial charge in [0, 0.05) is 13.1 Å². The predicted molar refractivity (Wildman–Crippen MR) is 150 cm³/mol. The number of esters is 3. The second-order valence-corrected chi connectivity index (χ2v) is 8.10. The van der Waals surface area contributed by atoms with E-state index >= 15 is 0 Å². The Labute approximate surface area is 223 Å². The molecule has 0 amide bonds. The molecule has 1 rings (SSSR count). The normalized spacial score (nSPS) is 9.59. The number of anilines is 2. The zero-order chi connectivity index (χ0) is 29.3. The molecule has 1 aromatic carbocycles. The van der Waals surface area contributed by atoms with Gasteiger partial charge in [0.2, 0.25) is 0 Å². The van der Waals surface area contributed by atoms with Gasteiger partial charge in [-0.3, -0.25) is 19.9 Å². The van der Waals surface area contributed by atoms with Gasteiger partial charge in [-0.1, -0.05) is 34.1 Å². The molecule has 0 atom stereocenters. The number of nitrogens with one attached hydrogen (secondary N) is 2. The maximum absolute atomic E-state index is 12.2. The van der Waals surface area contributed by atoms with Gasteiger partial charge < -0.3 is 25.3 Å². The molecule has 0 spiro atoms. The molecule has 4 N–H and O–H groups in total. The van der Waals surface area contributed by atoms with Crippen LogP contribution in [0.5, 0.6) is 0 Å². The molecular formula is C27H51N3O7. The van der Waals surface area contributed by atoms with Gasteiger partial charge in [0.1, 0.15) is 5.60 Å². The number of rotatable bonds is 11. The average molecular weight is 530 g/mol. The summed E-state index contributed by atoms with van der Waals surface area (Å²) in [6, 6.07) is 5.00. The van der Waals surface area contributed by atoms with E-state index in [0.29, 0.717) is 49.7 Å². The highest BCUT2D eigenvalue weighted by Crippen LogP contribution is 2.24. The standard InChI is InChI=1S/C17H26N2O5.C5H11NO2.C3H8.C2H6/c1-6-23-15(20)9-10-18-14-11-12(7-8-13(14)19-22-5)16(21)24-17(2,3)4;1-2-8-5(7)3-4-6;1-3-2;1-2/h7-8,11,18-19H,6,9-10H2,1-5H3;2-4,6H2,1H3;3H2,1-2H3;1-2H3. The number of hydrogen-bond acceptors (Lipinski definition) is 10. The van der Waals surface area contributed by atoms with Crippen molar-refractivity contribution in [3.63, 3.8) is 0 Å². The maximum atomic E-state index is 12.2. The van der Waals surface area contributed by atoms with Gasteiger partial charge in [0.15, 0.2) is 0 Å². The number of carbonyl (C=O) groups excluding carboxylic acids is 3. The summed E-state index contributed by atoms with van der Waals surface area (Å²) < 4.78 is 14.8. The van der Waals surface area contributed by atoms with Crippen molar-refractivity contribution >= 4 is 29.3 Å². The lowest BCUT2D eigenvalue weighted by Gasteiger charge is -2.20. The monoisotopic (exact) mass is 529 g/mol. The number of carbonyl (C=O) groups is 3. The van der Waals surface area contributed by atoms with Crippen LogP contribution in [0.25, 0.3) is 0 Å². The Balaban J connectivity index is -0.000000739. The Morgan fingerprint density at radius 1 is 0.892 bits per heavy atom. The summed E-state index contributed by atoms with van der Waals surface area (Å²) in [6.45, 7) is 18.7. The number of benzene rings is 1. The molecule has 0 saturated carbocycles. The Morgan fingerprint density at radius 2 is 1.41 bits per heavy atom. The maximum Gasteiger partial charge on any atom is 0.338 e. The second kappa shape index (κ2) is 24.8. The van der Waals surface area contributed by atoms with Gasteiger partial charge in [0.05, 0.1) is 50.1 Å². The van der Waals surface area contributed by atoms with E-state index in [1.54, 1.807) is 32.0 Å². The van der Waals surface area contributed by atoms with Crippen molar-refractivity contribution in [1.82, 2.24) is 0 Å². The fraction of sp³-hybridized carbons (Fsp3) is 0.667. The molecule has 0 saturated heterocycles. The fourth-order valence-electron chi connectivity index (χ4n) is 2.24. The van der Waals surface area contributed by atoms with E-state index < -0.39 is 11.6 Å². The molecule has 216 valence electrons. The SMILES string of the molecule is CC.CCC.CCOC(=O)CCN.CCOC(=O)CCNc1cc(C(=O)OC(C)(C)C)ccc1NOC. The minimum Gasteiger partial charge on any atom is -0.466 e. The van der Waals surface area contributed by atoms with E-state index in [-0.39, 0.29) is 18.4 Å². The number of ether oxygens (including phenoxy) is 3. The molecule has 0 heterocycles. The molecule has 37 heavy (non-hydrogen) atoms. The Morgan fingerprint density at radius 3 is 1.84 bits per heavy atom. The lowest BCUT2D eigenvalue weighted by molar-refractivity contribution is -0.143. The summed E-state index contributed by atoms with van der Waals surface area (Å²) in [7, 11) is 1.49. The van der Waals surface area contributed by atoms with Gasteiger partial charge in [0.25, 0.3) is 0 Å². The summed E-state index contributed by atoms with van der Waals surface area (Å²) in [5.41, 5.74) is 8.89. The number of nitrogens with two attached hydrogens (primary N) is 1. The molecule has 0 aliphatic carbocycles. The van der Waals surface area contributed by atoms with Crippen LogP contribution in [-0.4, -0.2) is 56.9 Å². The van der Waals surface area contributed by atoms with E-state index in [4.69, 9.17) is 20.0 Å². The molecular weight excluding hydrogens is 478 g/mol. The third-order valence-electron chi connectivity index (χ3n) is 3.47. The first-order chi connectivity index (χ1) is 17.5. The summed E-state index contributed by atoms with van der Waals surface area (Å²) in [4.78, 5) is 38.8. The van der Waals surface area contributed by atoms with Gasteiger partial charge in [-0.25, -0.2) is 4.79 Å². The van der Waals surface area contributed by atoms with Crippen LogP contribution in [0.4, 0.5) is 11.4 Å². The van der Waals surface area contributed by atoms with Crippen LogP contribution in [0.3, 0.4) is 0 Å². The summed E-state index contributed by atoms with van der Waals surface area (Å²) in [6.07, 6.45) is 1.80. The highest BCUT2D eigenvalue weighted by Gasteiger charge is 2.19. The van der Waals surface area contributed by atoms with Gasteiger partial charge in [-0.05, 0) is 52.8 Å². The zero-order valence-corrected chi connectivity index (χ0v) is 24.6. The topological polar surface area (TPSA) is 138 Å². The first kappa shape index (κ1) is 38.7. The third kappa shape index (κ3) is 23.3. The number of hydrogen-bond donors (Lipinski definition) is 3. The minimum absolute atomic E-state index is 0.213. The average Bonchev–Trinajstić information content (AvgIpc) is 2.82. The lowest BCUT2D eigenvalue weighted by atomic mass is 10.1. The molecule has 1 aromatic rings. The van der Waals surface area contributed by atoms with Crippen LogP contribution in [0.15, 0.2) is 18.2 Å². The zero-order valence-electron chi connectivity index (χ0n) is 24.6. The molecule has 0 radical (unpaired) electrons. The van der Waals surface area contributed by atoms with Crippen LogP contribution >= 0.6 is 0 Å². The van der Waals surface area contributed by atoms with Gasteiger partial charge >= 0.3 is 17.9 Å². The van der Waals surface area contributed by atoms with Crippen molar-refractivity contribution < 1.29 is 33.4 Å². The molecule has 0 aliphatic rings. The molecule has 0 bridgehead atoms. The van der Waals surface area contributed by atoms with E-state index in [2.05, 4.69) is 29.4 Å². The summed E-state index contributed by atoms with van der Waals surface area (Å²) >= 11 is 0. The largest absolute Gasteiger partial charge is 0.466 e. The Bertz CT molecular complexity index is 727. The first-order valence-electron chi connectivity index (χ1n) is 12.9. The summed E-state index contributed by atoms with van der Waals surface area (Å²) in [5, 5.41) is 3.09. The summed E-state index contributed by atoms with van der Waals surface area (Å²) in [5.74, 6) is -0.913. The van der Waals surface area contributed by atoms with Gasteiger partial charge in [-0.2, -0.15) is 0 Å². The van der Waals surface area contributed by atoms with Crippen LogP contribution in [0, 0.1) is 0 Å². The molecule has 0 aromatic heterocycles. The Hall–Kier alpha value is -2.85. The van der Waals surface area contributed by atoms with Crippen molar-refractivity contribution in [3.8, 4) is 0 Å². The lowest BCUT2D eigenvalue weighted by Crippen LogP contribution is -2.24. The van der Waals surface area contributed by atoms with Gasteiger partial charge in [-0.15, -0.1) is 0 Å². The van der Waals surface area contributed by atoms with Crippen LogP contribution in [0.2, 0.25) is 0 Å². The molecule has 10 nitrogen and oxygen atoms in total. The molecule has 0 fully saturated rings. The third-order valence-corrected chi connectivity index (χ3v) is 3.47. The van der Waals surface area contributed by atoms with Crippen molar-refractivity contribution in [1.29, 1.82) is 0 Å². The molecule has 10 heteroatoms. The van der Waals surface area contributed by atoms with Crippen LogP contribution in [-0.2, 0) is 28.6 Å². The predicted octanol–water partition coefficient (Wildman–Crippen LogP) is 5.32. The van der Waals surface area contributed by atoms with E-state index in [0.717, 1.165) is 0 Å².